The Morgan fingerprint density at radius 1 is 1.41 bits per heavy atom. The number of nitrogens with zero attached hydrogens (tertiary/aromatic N) is 2. The molecule has 1 heterocycles. The molecule has 0 fully saturated rings. The molecule has 96 valence electrons. The first kappa shape index (κ1) is 13.7. The van der Waals surface area contributed by atoms with Crippen molar-refractivity contribution in [1.29, 1.82) is 0 Å². The Morgan fingerprint density at radius 2 is 2.18 bits per heavy atom. The third kappa shape index (κ3) is 4.97. The maximum absolute atomic E-state index is 10.4. The molecule has 0 amide bonds. The summed E-state index contributed by atoms with van der Waals surface area (Å²) in [5, 5.41) is 19.0. The van der Waals surface area contributed by atoms with E-state index in [9.17, 15) is 10.1 Å². The van der Waals surface area contributed by atoms with Crippen LogP contribution in [0.1, 0.15) is 25.0 Å². The fraction of sp³-hybridized carbons (Fsp3) is 0.636. The molecule has 0 spiro atoms. The van der Waals surface area contributed by atoms with E-state index >= 15 is 0 Å². The van der Waals surface area contributed by atoms with Crippen LogP contribution in [0.5, 0.6) is 0 Å². The van der Waals surface area contributed by atoms with Crippen LogP contribution in [0.3, 0.4) is 0 Å². The van der Waals surface area contributed by atoms with Crippen molar-refractivity contribution >= 4 is 5.88 Å². The van der Waals surface area contributed by atoms with Crippen molar-refractivity contribution in [2.45, 2.75) is 25.8 Å². The van der Waals surface area contributed by atoms with E-state index in [4.69, 9.17) is 9.52 Å². The van der Waals surface area contributed by atoms with Gasteiger partial charge in [0.25, 0.3) is 0 Å². The van der Waals surface area contributed by atoms with Crippen LogP contribution in [0.15, 0.2) is 16.5 Å². The zero-order chi connectivity index (χ0) is 12.7. The molecule has 0 radical (unpaired) electrons. The van der Waals surface area contributed by atoms with E-state index in [2.05, 4.69) is 0 Å². The second kappa shape index (κ2) is 7.03. The van der Waals surface area contributed by atoms with Gasteiger partial charge in [-0.1, -0.05) is 0 Å². The van der Waals surface area contributed by atoms with Crippen LogP contribution >= 0.6 is 0 Å². The van der Waals surface area contributed by atoms with Gasteiger partial charge in [0.15, 0.2) is 0 Å². The highest BCUT2D eigenvalue weighted by molar-refractivity contribution is 5.17. The average molecular weight is 242 g/mol. The van der Waals surface area contributed by atoms with Crippen LogP contribution in [-0.2, 0) is 6.54 Å². The highest BCUT2D eigenvalue weighted by atomic mass is 16.6. The quantitative estimate of drug-likeness (QED) is 0.427. The first-order valence-electron chi connectivity index (χ1n) is 5.66. The van der Waals surface area contributed by atoms with E-state index in [1.807, 2.05) is 11.9 Å². The van der Waals surface area contributed by atoms with E-state index in [1.54, 1.807) is 6.07 Å². The summed E-state index contributed by atoms with van der Waals surface area (Å²) < 4.78 is 5.06. The van der Waals surface area contributed by atoms with Gasteiger partial charge in [-0.3, -0.25) is 15.0 Å². The van der Waals surface area contributed by atoms with Gasteiger partial charge in [-0.2, -0.15) is 0 Å². The summed E-state index contributed by atoms with van der Waals surface area (Å²) in [5.74, 6) is 0.384. The number of rotatable bonds is 8. The van der Waals surface area contributed by atoms with Crippen molar-refractivity contribution in [1.82, 2.24) is 4.90 Å². The zero-order valence-electron chi connectivity index (χ0n) is 9.96. The van der Waals surface area contributed by atoms with Crippen LogP contribution in [0, 0.1) is 10.1 Å². The second-order valence-corrected chi connectivity index (χ2v) is 4.02. The Hall–Kier alpha value is -1.40. The lowest BCUT2D eigenvalue weighted by atomic mass is 10.2. The summed E-state index contributed by atoms with van der Waals surface area (Å²) in [6.07, 6.45) is 2.80. The summed E-state index contributed by atoms with van der Waals surface area (Å²) in [5.41, 5.74) is 0. The first-order valence-corrected chi connectivity index (χ1v) is 5.66. The predicted octanol–water partition coefficient (Wildman–Crippen LogP) is 1.78. The Kier molecular flexibility index (Phi) is 5.65. The molecule has 0 aliphatic carbocycles. The standard InChI is InChI=1S/C11H18N2O4/c1-12(7-3-2-4-8-14)9-10-5-6-11(17-10)13(15)16/h5-6,14H,2-4,7-9H2,1H3. The Labute approximate surface area is 100.0 Å². The van der Waals surface area contributed by atoms with E-state index in [0.717, 1.165) is 25.8 Å². The zero-order valence-corrected chi connectivity index (χ0v) is 9.96. The molecule has 0 aliphatic rings. The molecule has 0 aromatic carbocycles. The third-order valence-electron chi connectivity index (χ3n) is 2.45. The third-order valence-corrected chi connectivity index (χ3v) is 2.45. The van der Waals surface area contributed by atoms with Gasteiger partial charge < -0.3 is 9.52 Å². The molecule has 0 unspecified atom stereocenters. The van der Waals surface area contributed by atoms with Crippen molar-refractivity contribution in [2.24, 2.45) is 0 Å². The Balaban J connectivity index is 2.29. The van der Waals surface area contributed by atoms with Gasteiger partial charge in [0.1, 0.15) is 10.7 Å². The average Bonchev–Trinajstić information content (AvgIpc) is 2.73. The molecule has 1 aromatic heterocycles. The van der Waals surface area contributed by atoms with Crippen molar-refractivity contribution in [3.05, 3.63) is 28.0 Å². The number of unbranched alkanes of at least 4 members (excludes halogenated alkanes) is 2. The van der Waals surface area contributed by atoms with Crippen molar-refractivity contribution < 1.29 is 14.4 Å². The number of hydrogen-bond donors (Lipinski definition) is 1. The molecule has 6 heteroatoms. The van der Waals surface area contributed by atoms with Crippen LogP contribution in [0.25, 0.3) is 0 Å². The van der Waals surface area contributed by atoms with Crippen LogP contribution < -0.4 is 0 Å². The lowest BCUT2D eigenvalue weighted by molar-refractivity contribution is -0.402. The molecular formula is C11H18N2O4. The molecule has 0 atom stereocenters. The number of aliphatic hydroxyl groups is 1. The molecule has 0 aliphatic heterocycles. The molecule has 0 bridgehead atoms. The topological polar surface area (TPSA) is 79.8 Å². The summed E-state index contributed by atoms with van der Waals surface area (Å²) >= 11 is 0. The number of nitro groups is 1. The predicted molar refractivity (Wildman–Crippen MR) is 62.6 cm³/mol. The van der Waals surface area contributed by atoms with Gasteiger partial charge in [-0.25, -0.2) is 0 Å². The minimum atomic E-state index is -0.537. The highest BCUT2D eigenvalue weighted by Crippen LogP contribution is 2.16. The number of hydrogen-bond acceptors (Lipinski definition) is 5. The molecule has 0 saturated carbocycles. The molecular weight excluding hydrogens is 224 g/mol. The SMILES string of the molecule is CN(CCCCCO)Cc1ccc([N+](=O)[O-])o1. The molecule has 0 saturated heterocycles. The molecule has 6 nitrogen and oxygen atoms in total. The summed E-state index contributed by atoms with van der Waals surface area (Å²) in [4.78, 5) is 11.9. The van der Waals surface area contributed by atoms with Crippen LogP contribution in [-0.4, -0.2) is 35.1 Å². The van der Waals surface area contributed by atoms with Gasteiger partial charge >= 0.3 is 5.88 Å². The van der Waals surface area contributed by atoms with E-state index in [1.165, 1.54) is 6.07 Å². The fourth-order valence-electron chi connectivity index (χ4n) is 1.57. The fourth-order valence-corrected chi connectivity index (χ4v) is 1.57. The van der Waals surface area contributed by atoms with Crippen LogP contribution in [0.2, 0.25) is 0 Å². The van der Waals surface area contributed by atoms with Crippen molar-refractivity contribution in [2.75, 3.05) is 20.2 Å². The maximum Gasteiger partial charge on any atom is 0.433 e. The van der Waals surface area contributed by atoms with E-state index in [0.29, 0.717) is 12.3 Å². The van der Waals surface area contributed by atoms with E-state index in [-0.39, 0.29) is 12.5 Å². The highest BCUT2D eigenvalue weighted by Gasteiger charge is 2.12. The monoisotopic (exact) mass is 242 g/mol. The number of furan rings is 1. The van der Waals surface area contributed by atoms with Gasteiger partial charge in [0, 0.05) is 6.61 Å². The van der Waals surface area contributed by atoms with Crippen molar-refractivity contribution in [3.8, 4) is 0 Å². The lowest BCUT2D eigenvalue weighted by Gasteiger charge is -2.14. The van der Waals surface area contributed by atoms with Crippen molar-refractivity contribution in [3.63, 3.8) is 0 Å². The van der Waals surface area contributed by atoms with Gasteiger partial charge in [0.2, 0.25) is 0 Å². The maximum atomic E-state index is 10.4. The molecule has 1 aromatic rings. The summed E-state index contributed by atoms with van der Waals surface area (Å²) in [7, 11) is 1.94. The number of aliphatic hydroxyl groups excluding tert-OH is 1. The van der Waals surface area contributed by atoms with Gasteiger partial charge in [-0.15, -0.1) is 0 Å². The first-order chi connectivity index (χ1) is 8.13. The van der Waals surface area contributed by atoms with Gasteiger partial charge in [0.05, 0.1) is 12.6 Å². The minimum Gasteiger partial charge on any atom is -0.404 e. The van der Waals surface area contributed by atoms with Crippen LogP contribution in [0.4, 0.5) is 5.88 Å². The normalized spacial score (nSPS) is 11.0. The molecule has 17 heavy (non-hydrogen) atoms. The van der Waals surface area contributed by atoms with E-state index < -0.39 is 4.92 Å². The van der Waals surface area contributed by atoms with Gasteiger partial charge in [-0.05, 0) is 38.9 Å². The second-order valence-electron chi connectivity index (χ2n) is 4.02. The molecule has 1 rings (SSSR count). The lowest BCUT2D eigenvalue weighted by Crippen LogP contribution is -2.18. The summed E-state index contributed by atoms with van der Waals surface area (Å²) in [6, 6.07) is 3.00. The Bertz CT molecular complexity index is 351. The summed E-state index contributed by atoms with van der Waals surface area (Å²) in [6.45, 7) is 1.68. The Morgan fingerprint density at radius 3 is 2.76 bits per heavy atom. The molecule has 1 N–H and O–H groups in total. The smallest absolute Gasteiger partial charge is 0.404 e. The largest absolute Gasteiger partial charge is 0.433 e. The minimum absolute atomic E-state index is 0.214.